The summed E-state index contributed by atoms with van der Waals surface area (Å²) in [5.74, 6) is -0.749. The van der Waals surface area contributed by atoms with Crippen LogP contribution in [0.15, 0.2) is 59.7 Å². The van der Waals surface area contributed by atoms with Crippen LogP contribution in [0.2, 0.25) is 5.02 Å². The van der Waals surface area contributed by atoms with E-state index in [1.54, 1.807) is 25.1 Å². The number of carbonyl (C=O) groups is 1. The number of nitrogens with one attached hydrogen (secondary N) is 1. The van der Waals surface area contributed by atoms with Crippen LogP contribution in [0.4, 0.5) is 19.0 Å². The summed E-state index contributed by atoms with van der Waals surface area (Å²) in [7, 11) is 0. The van der Waals surface area contributed by atoms with Gasteiger partial charge in [-0.25, -0.2) is 9.67 Å². The fourth-order valence-electron chi connectivity index (χ4n) is 2.99. The lowest BCUT2D eigenvalue weighted by Crippen LogP contribution is -2.27. The van der Waals surface area contributed by atoms with Gasteiger partial charge in [-0.3, -0.25) is 14.0 Å². The third-order valence-electron chi connectivity index (χ3n) is 4.43. The van der Waals surface area contributed by atoms with E-state index < -0.39 is 23.2 Å². The number of amides is 1. The first-order chi connectivity index (χ1) is 14.6. The van der Waals surface area contributed by atoms with Crippen molar-refractivity contribution in [2.24, 2.45) is 0 Å². The highest BCUT2D eigenvalue weighted by molar-refractivity contribution is 6.32. The molecule has 3 aromatic heterocycles. The molecule has 11 heteroatoms. The molecule has 1 amide bonds. The number of fused-ring (bicyclic) bond motifs is 1. The maximum absolute atomic E-state index is 13.1. The van der Waals surface area contributed by atoms with Gasteiger partial charge in [-0.1, -0.05) is 17.7 Å². The standard InChI is InChI=1S/C20H13ClF3N5O2/c1-11-8-17(29(27-11)15-9-12(20(22,23)24)5-6-14(15)21)26-18(30)13-10-25-16-4-2-3-7-28(16)19(13)31/h2-10H,1H3,(H,26,30). The van der Waals surface area contributed by atoms with Crippen molar-refractivity contribution in [3.63, 3.8) is 0 Å². The lowest BCUT2D eigenvalue weighted by atomic mass is 10.2. The Bertz CT molecular complexity index is 1380. The zero-order valence-corrected chi connectivity index (χ0v) is 16.6. The summed E-state index contributed by atoms with van der Waals surface area (Å²) in [5.41, 5.74) is -1.06. The molecule has 0 radical (unpaired) electrons. The van der Waals surface area contributed by atoms with E-state index in [4.69, 9.17) is 11.6 Å². The quantitative estimate of drug-likeness (QED) is 0.512. The Morgan fingerprint density at radius 2 is 1.94 bits per heavy atom. The van der Waals surface area contributed by atoms with Crippen molar-refractivity contribution in [2.75, 3.05) is 5.32 Å². The molecule has 0 saturated carbocycles. The Hall–Kier alpha value is -3.66. The number of rotatable bonds is 3. The number of benzene rings is 1. The highest BCUT2D eigenvalue weighted by atomic mass is 35.5. The number of hydrogen-bond donors (Lipinski definition) is 1. The Morgan fingerprint density at radius 1 is 1.16 bits per heavy atom. The van der Waals surface area contributed by atoms with E-state index >= 15 is 0 Å². The molecule has 0 spiro atoms. The van der Waals surface area contributed by atoms with Crippen molar-refractivity contribution in [3.8, 4) is 5.69 Å². The second-order valence-electron chi connectivity index (χ2n) is 6.61. The molecule has 0 aliphatic carbocycles. The monoisotopic (exact) mass is 447 g/mol. The fourth-order valence-corrected chi connectivity index (χ4v) is 3.19. The van der Waals surface area contributed by atoms with Crippen LogP contribution < -0.4 is 10.9 Å². The zero-order valence-electron chi connectivity index (χ0n) is 15.8. The lowest BCUT2D eigenvalue weighted by molar-refractivity contribution is -0.137. The number of halogens is 4. The second kappa shape index (κ2) is 7.55. The Balaban J connectivity index is 1.75. The smallest absolute Gasteiger partial charge is 0.306 e. The first kappa shape index (κ1) is 20.6. The molecule has 4 aromatic rings. The van der Waals surface area contributed by atoms with Gasteiger partial charge in [0.05, 0.1) is 22.0 Å². The summed E-state index contributed by atoms with van der Waals surface area (Å²) in [4.78, 5) is 29.5. The van der Waals surface area contributed by atoms with Gasteiger partial charge in [0.1, 0.15) is 17.0 Å². The minimum atomic E-state index is -4.59. The number of pyridine rings is 1. The van der Waals surface area contributed by atoms with Gasteiger partial charge in [0.2, 0.25) is 0 Å². The number of anilines is 1. The van der Waals surface area contributed by atoms with Crippen LogP contribution >= 0.6 is 11.6 Å². The van der Waals surface area contributed by atoms with Gasteiger partial charge in [-0.2, -0.15) is 18.3 Å². The van der Waals surface area contributed by atoms with Crippen molar-refractivity contribution >= 4 is 29.0 Å². The molecule has 1 N–H and O–H groups in total. The molecule has 1 aromatic carbocycles. The van der Waals surface area contributed by atoms with Crippen LogP contribution in [0.25, 0.3) is 11.3 Å². The molecule has 4 rings (SSSR count). The Labute approximate surface area is 177 Å². The van der Waals surface area contributed by atoms with Gasteiger partial charge < -0.3 is 5.32 Å². The molecule has 0 atom stereocenters. The average Bonchev–Trinajstić information content (AvgIpc) is 3.07. The molecule has 0 bridgehead atoms. The average molecular weight is 448 g/mol. The highest BCUT2D eigenvalue weighted by Crippen LogP contribution is 2.34. The van der Waals surface area contributed by atoms with Gasteiger partial charge in [0.15, 0.2) is 0 Å². The van der Waals surface area contributed by atoms with E-state index in [9.17, 15) is 22.8 Å². The first-order valence-corrected chi connectivity index (χ1v) is 9.24. The lowest BCUT2D eigenvalue weighted by Gasteiger charge is -2.13. The van der Waals surface area contributed by atoms with E-state index in [0.717, 1.165) is 29.1 Å². The number of alkyl halides is 3. The topological polar surface area (TPSA) is 81.3 Å². The number of aryl methyl sites for hydroxylation is 1. The molecule has 0 unspecified atom stereocenters. The molecule has 0 fully saturated rings. The Kier molecular flexibility index (Phi) is 5.02. The largest absolute Gasteiger partial charge is 0.416 e. The van der Waals surface area contributed by atoms with Gasteiger partial charge in [-0.05, 0) is 37.3 Å². The summed E-state index contributed by atoms with van der Waals surface area (Å²) >= 11 is 6.10. The third kappa shape index (κ3) is 3.89. The van der Waals surface area contributed by atoms with E-state index in [1.807, 2.05) is 0 Å². The second-order valence-corrected chi connectivity index (χ2v) is 7.01. The zero-order chi connectivity index (χ0) is 22.3. The van der Waals surface area contributed by atoms with E-state index in [-0.39, 0.29) is 22.1 Å². The molecule has 0 aliphatic rings. The third-order valence-corrected chi connectivity index (χ3v) is 4.75. The highest BCUT2D eigenvalue weighted by Gasteiger charge is 2.31. The van der Waals surface area contributed by atoms with Gasteiger partial charge >= 0.3 is 6.18 Å². The van der Waals surface area contributed by atoms with Crippen LogP contribution in [0.3, 0.4) is 0 Å². The molecular weight excluding hydrogens is 435 g/mol. The van der Waals surface area contributed by atoms with E-state index in [2.05, 4.69) is 15.4 Å². The summed E-state index contributed by atoms with van der Waals surface area (Å²) in [5, 5.41) is 6.64. The minimum Gasteiger partial charge on any atom is -0.306 e. The van der Waals surface area contributed by atoms with Crippen molar-refractivity contribution in [2.45, 2.75) is 13.1 Å². The number of carbonyl (C=O) groups excluding carboxylic acids is 1. The van der Waals surface area contributed by atoms with E-state index in [1.165, 1.54) is 16.7 Å². The van der Waals surface area contributed by atoms with Crippen molar-refractivity contribution in [1.29, 1.82) is 0 Å². The van der Waals surface area contributed by atoms with Crippen LogP contribution in [0.5, 0.6) is 0 Å². The summed E-state index contributed by atoms with van der Waals surface area (Å²) < 4.78 is 41.7. The van der Waals surface area contributed by atoms with Crippen molar-refractivity contribution in [3.05, 3.63) is 87.1 Å². The van der Waals surface area contributed by atoms with Crippen molar-refractivity contribution in [1.82, 2.24) is 19.2 Å². The molecule has 158 valence electrons. The molecule has 0 aliphatic heterocycles. The van der Waals surface area contributed by atoms with Crippen LogP contribution in [0, 0.1) is 6.92 Å². The predicted octanol–water partition coefficient (Wildman–Crippen LogP) is 4.11. The summed E-state index contributed by atoms with van der Waals surface area (Å²) in [6.45, 7) is 1.60. The molecule has 31 heavy (non-hydrogen) atoms. The maximum Gasteiger partial charge on any atom is 0.416 e. The molecule has 0 saturated heterocycles. The Morgan fingerprint density at radius 3 is 2.68 bits per heavy atom. The minimum absolute atomic E-state index is 0.000889. The maximum atomic E-state index is 13.1. The van der Waals surface area contributed by atoms with Crippen LogP contribution in [-0.4, -0.2) is 25.1 Å². The van der Waals surface area contributed by atoms with Crippen LogP contribution in [0.1, 0.15) is 21.6 Å². The first-order valence-electron chi connectivity index (χ1n) is 8.86. The van der Waals surface area contributed by atoms with Gasteiger partial charge in [-0.15, -0.1) is 0 Å². The normalized spacial score (nSPS) is 11.6. The van der Waals surface area contributed by atoms with Gasteiger partial charge in [0.25, 0.3) is 11.5 Å². The van der Waals surface area contributed by atoms with E-state index in [0.29, 0.717) is 11.3 Å². The SMILES string of the molecule is Cc1cc(NC(=O)c2cnc3ccccn3c2=O)n(-c2cc(C(F)(F)F)ccc2Cl)n1. The number of hydrogen-bond acceptors (Lipinski definition) is 4. The van der Waals surface area contributed by atoms with Crippen molar-refractivity contribution < 1.29 is 18.0 Å². The van der Waals surface area contributed by atoms with Gasteiger partial charge in [0, 0.05) is 18.5 Å². The molecular formula is C20H13ClF3N5O2. The number of aromatic nitrogens is 4. The predicted molar refractivity (Wildman–Crippen MR) is 108 cm³/mol. The molecule has 7 nitrogen and oxygen atoms in total. The number of nitrogens with zero attached hydrogens (tertiary/aromatic N) is 4. The molecule has 3 heterocycles. The summed E-state index contributed by atoms with van der Waals surface area (Å²) in [6, 6.07) is 9.15. The summed E-state index contributed by atoms with van der Waals surface area (Å²) in [6.07, 6.45) is -1.98. The van der Waals surface area contributed by atoms with Crippen LogP contribution in [-0.2, 0) is 6.18 Å². The fraction of sp³-hybridized carbons (Fsp3) is 0.100.